The molecule has 0 fully saturated rings. The van der Waals surface area contributed by atoms with Crippen LogP contribution in [0, 0.1) is 0 Å². The molecule has 0 radical (unpaired) electrons. The molecule has 35 heavy (non-hydrogen) atoms. The smallest absolute Gasteiger partial charge is 0.331 e. The van der Waals surface area contributed by atoms with Crippen molar-refractivity contribution in [1.29, 1.82) is 0 Å². The molecule has 0 bridgehead atoms. The van der Waals surface area contributed by atoms with Gasteiger partial charge in [-0.15, -0.1) is 0 Å². The van der Waals surface area contributed by atoms with E-state index in [2.05, 4.69) is 4.98 Å². The maximum atomic E-state index is 13.0. The summed E-state index contributed by atoms with van der Waals surface area (Å²) in [6.07, 6.45) is 6.59. The molecule has 0 aliphatic carbocycles. The zero-order chi connectivity index (χ0) is 25.8. The van der Waals surface area contributed by atoms with Gasteiger partial charge in [0, 0.05) is 19.2 Å². The minimum absolute atomic E-state index is 0.0808. The normalized spacial score (nSPS) is 10.9. The van der Waals surface area contributed by atoms with Gasteiger partial charge in [-0.2, -0.15) is 0 Å². The van der Waals surface area contributed by atoms with Gasteiger partial charge in [0.05, 0.1) is 7.11 Å². The van der Waals surface area contributed by atoms with Crippen LogP contribution in [-0.2, 0) is 20.9 Å². The van der Waals surface area contributed by atoms with Gasteiger partial charge < -0.3 is 20.1 Å². The van der Waals surface area contributed by atoms with Gasteiger partial charge in [-0.25, -0.2) is 9.59 Å². The third-order valence-corrected chi connectivity index (χ3v) is 5.37. The van der Waals surface area contributed by atoms with Crippen LogP contribution in [0.25, 0.3) is 6.08 Å². The van der Waals surface area contributed by atoms with E-state index in [1.54, 1.807) is 37.5 Å². The van der Waals surface area contributed by atoms with Crippen LogP contribution in [0.15, 0.2) is 39.9 Å². The Balaban J connectivity index is 2.19. The minimum atomic E-state index is -0.754. The third-order valence-electron chi connectivity index (χ3n) is 5.37. The average molecular weight is 487 g/mol. The van der Waals surface area contributed by atoms with E-state index in [0.717, 1.165) is 24.8 Å². The fraction of sp³-hybridized carbons (Fsp3) is 0.440. The number of nitrogen functional groups attached to an aromatic ring is 1. The summed E-state index contributed by atoms with van der Waals surface area (Å²) >= 11 is 0. The molecule has 0 unspecified atom stereocenters. The number of nitrogens with one attached hydrogen (secondary N) is 1. The Morgan fingerprint density at radius 1 is 1.09 bits per heavy atom. The van der Waals surface area contributed by atoms with Crippen molar-refractivity contribution in [2.75, 3.05) is 30.9 Å². The van der Waals surface area contributed by atoms with Gasteiger partial charge in [0.1, 0.15) is 11.6 Å². The molecule has 2 aromatic rings. The number of unbranched alkanes of at least 4 members (excludes halogenated alkanes) is 3. The lowest BCUT2D eigenvalue weighted by Crippen LogP contribution is -2.43. The van der Waals surface area contributed by atoms with Crippen LogP contribution in [-0.4, -0.2) is 41.7 Å². The number of ether oxygens (including phenoxy) is 2. The SMILES string of the molecule is CCCCCN(C(=O)COC(=O)/C=C/c1ccc(OC)cc1)c1c(N)n(CCCC)c(=O)[nH]c1=O. The highest BCUT2D eigenvalue weighted by Crippen LogP contribution is 2.19. The lowest BCUT2D eigenvalue weighted by molar-refractivity contribution is -0.142. The van der Waals surface area contributed by atoms with Gasteiger partial charge in [-0.3, -0.25) is 19.1 Å². The van der Waals surface area contributed by atoms with Gasteiger partial charge in [0.15, 0.2) is 12.3 Å². The van der Waals surface area contributed by atoms with Crippen molar-refractivity contribution in [3.63, 3.8) is 0 Å². The first-order chi connectivity index (χ1) is 16.8. The van der Waals surface area contributed by atoms with E-state index in [9.17, 15) is 19.2 Å². The van der Waals surface area contributed by atoms with E-state index in [-0.39, 0.29) is 18.1 Å². The van der Waals surface area contributed by atoms with Crippen molar-refractivity contribution in [2.45, 2.75) is 52.5 Å². The highest BCUT2D eigenvalue weighted by atomic mass is 16.5. The van der Waals surface area contributed by atoms with Crippen LogP contribution >= 0.6 is 0 Å². The van der Waals surface area contributed by atoms with E-state index in [4.69, 9.17) is 15.2 Å². The number of carbonyl (C=O) groups excluding carboxylic acids is 2. The van der Waals surface area contributed by atoms with Gasteiger partial charge in [-0.05, 0) is 36.6 Å². The summed E-state index contributed by atoms with van der Waals surface area (Å²) in [4.78, 5) is 53.5. The number of esters is 1. The average Bonchev–Trinajstić information content (AvgIpc) is 2.85. The second kappa shape index (κ2) is 13.8. The molecule has 0 saturated carbocycles. The van der Waals surface area contributed by atoms with Crippen LogP contribution in [0.4, 0.5) is 11.5 Å². The van der Waals surface area contributed by atoms with Crippen LogP contribution in [0.2, 0.25) is 0 Å². The predicted octanol–water partition coefficient (Wildman–Crippen LogP) is 2.71. The second-order valence-electron chi connectivity index (χ2n) is 7.97. The lowest BCUT2D eigenvalue weighted by atomic mass is 10.2. The van der Waals surface area contributed by atoms with E-state index in [1.165, 1.54) is 15.5 Å². The Kier molecular flexibility index (Phi) is 10.8. The van der Waals surface area contributed by atoms with Crippen molar-refractivity contribution < 1.29 is 19.1 Å². The molecule has 10 nitrogen and oxygen atoms in total. The second-order valence-corrected chi connectivity index (χ2v) is 7.97. The van der Waals surface area contributed by atoms with Gasteiger partial charge in [-0.1, -0.05) is 45.2 Å². The quantitative estimate of drug-likeness (QED) is 0.252. The number of benzene rings is 1. The van der Waals surface area contributed by atoms with Crippen LogP contribution in [0.1, 0.15) is 51.5 Å². The highest BCUT2D eigenvalue weighted by Gasteiger charge is 2.24. The van der Waals surface area contributed by atoms with Gasteiger partial charge in [0.2, 0.25) is 0 Å². The van der Waals surface area contributed by atoms with E-state index >= 15 is 0 Å². The van der Waals surface area contributed by atoms with E-state index in [0.29, 0.717) is 25.1 Å². The Hall–Kier alpha value is -3.82. The molecule has 0 atom stereocenters. The number of aromatic amines is 1. The maximum absolute atomic E-state index is 13.0. The molecule has 0 saturated heterocycles. The molecule has 0 aliphatic rings. The first-order valence-electron chi connectivity index (χ1n) is 11.7. The van der Waals surface area contributed by atoms with Crippen molar-refractivity contribution in [1.82, 2.24) is 9.55 Å². The number of hydrogen-bond donors (Lipinski definition) is 2. The molecule has 3 N–H and O–H groups in total. The van der Waals surface area contributed by atoms with Crippen LogP contribution in [0.5, 0.6) is 5.75 Å². The number of hydrogen-bond acceptors (Lipinski definition) is 7. The highest BCUT2D eigenvalue weighted by molar-refractivity contribution is 5.98. The van der Waals surface area contributed by atoms with Crippen molar-refractivity contribution in [2.24, 2.45) is 0 Å². The molecule has 0 aliphatic heterocycles. The number of nitrogens with two attached hydrogens (primary N) is 1. The summed E-state index contributed by atoms with van der Waals surface area (Å²) < 4.78 is 11.5. The van der Waals surface area contributed by atoms with E-state index < -0.39 is 29.7 Å². The molecular formula is C25H34N4O6. The fourth-order valence-corrected chi connectivity index (χ4v) is 3.40. The summed E-state index contributed by atoms with van der Waals surface area (Å²) in [7, 11) is 1.56. The largest absolute Gasteiger partial charge is 0.497 e. The van der Waals surface area contributed by atoms with Crippen molar-refractivity contribution >= 4 is 29.5 Å². The molecular weight excluding hydrogens is 452 g/mol. The van der Waals surface area contributed by atoms with E-state index in [1.807, 2.05) is 13.8 Å². The standard InChI is InChI=1S/C25H34N4O6/c1-4-6-8-16-28(22-23(26)29(15-7-5-2)25(33)27-24(22)32)20(30)17-35-21(31)14-11-18-9-12-19(34-3)13-10-18/h9-14H,4-8,15-17,26H2,1-3H3,(H,27,32,33)/b14-11+. The third kappa shape index (κ3) is 7.87. The Labute approximate surface area is 204 Å². The molecule has 1 heterocycles. The molecule has 1 aromatic heterocycles. The Morgan fingerprint density at radius 3 is 2.40 bits per heavy atom. The zero-order valence-electron chi connectivity index (χ0n) is 20.5. The Bertz CT molecular complexity index is 1130. The molecule has 0 spiro atoms. The molecule has 190 valence electrons. The summed E-state index contributed by atoms with van der Waals surface area (Å²) in [6.45, 7) is 3.91. The molecule has 2 rings (SSSR count). The van der Waals surface area contributed by atoms with Crippen molar-refractivity contribution in [3.8, 4) is 5.75 Å². The number of methoxy groups -OCH3 is 1. The number of H-pyrrole nitrogens is 1. The number of anilines is 2. The summed E-state index contributed by atoms with van der Waals surface area (Å²) in [5.74, 6) is -0.709. The summed E-state index contributed by atoms with van der Waals surface area (Å²) in [5, 5.41) is 0. The molecule has 10 heteroatoms. The number of carbonyl (C=O) groups is 2. The lowest BCUT2D eigenvalue weighted by Gasteiger charge is -2.24. The number of nitrogens with zero attached hydrogens (tertiary/aromatic N) is 2. The summed E-state index contributed by atoms with van der Waals surface area (Å²) in [6, 6.07) is 7.05. The number of rotatable bonds is 13. The zero-order valence-corrected chi connectivity index (χ0v) is 20.5. The number of amides is 1. The molecule has 1 amide bonds. The topological polar surface area (TPSA) is 137 Å². The first kappa shape index (κ1) is 27.4. The van der Waals surface area contributed by atoms with Crippen LogP contribution < -0.4 is 26.6 Å². The van der Waals surface area contributed by atoms with Crippen LogP contribution in [0.3, 0.4) is 0 Å². The maximum Gasteiger partial charge on any atom is 0.331 e. The fourth-order valence-electron chi connectivity index (χ4n) is 3.40. The Morgan fingerprint density at radius 2 is 1.77 bits per heavy atom. The minimum Gasteiger partial charge on any atom is -0.497 e. The first-order valence-corrected chi connectivity index (χ1v) is 11.7. The molecule has 1 aromatic carbocycles. The van der Waals surface area contributed by atoms with Crippen molar-refractivity contribution in [3.05, 3.63) is 56.7 Å². The monoisotopic (exact) mass is 486 g/mol. The summed E-state index contributed by atoms with van der Waals surface area (Å²) in [5.41, 5.74) is 5.45. The van der Waals surface area contributed by atoms with Gasteiger partial charge in [0.25, 0.3) is 11.5 Å². The number of aromatic nitrogens is 2. The predicted molar refractivity (Wildman–Crippen MR) is 136 cm³/mol. The van der Waals surface area contributed by atoms with Gasteiger partial charge >= 0.3 is 11.7 Å².